The van der Waals surface area contributed by atoms with Gasteiger partial charge in [0.2, 0.25) is 0 Å². The zero-order chi connectivity index (χ0) is 10.9. The van der Waals surface area contributed by atoms with Crippen molar-refractivity contribution in [2.45, 2.75) is 18.0 Å². The zero-order valence-electron chi connectivity index (χ0n) is 8.40. The number of hydrogen-bond acceptors (Lipinski definition) is 4. The number of hydrogen-bond donors (Lipinski definition) is 3. The van der Waals surface area contributed by atoms with Gasteiger partial charge in [0.1, 0.15) is 0 Å². The molecule has 1 fully saturated rings. The summed E-state index contributed by atoms with van der Waals surface area (Å²) in [6.45, 7) is 3.53. The summed E-state index contributed by atoms with van der Waals surface area (Å²) in [5, 5.41) is 3.25. The summed E-state index contributed by atoms with van der Waals surface area (Å²) in [5.74, 6) is 0.308. The zero-order valence-corrected chi connectivity index (χ0v) is 9.21. The molecule has 0 spiro atoms. The van der Waals surface area contributed by atoms with E-state index in [4.69, 9.17) is 0 Å². The Morgan fingerprint density at radius 3 is 2.87 bits per heavy atom. The molecule has 1 aliphatic rings. The Morgan fingerprint density at radius 1 is 1.53 bits per heavy atom. The molecule has 0 bridgehead atoms. The van der Waals surface area contributed by atoms with E-state index in [1.165, 1.54) is 12.5 Å². The van der Waals surface area contributed by atoms with E-state index in [0.29, 0.717) is 12.5 Å². The van der Waals surface area contributed by atoms with Gasteiger partial charge in [0.05, 0.1) is 12.5 Å². The highest BCUT2D eigenvalue weighted by molar-refractivity contribution is 7.89. The van der Waals surface area contributed by atoms with Gasteiger partial charge in [0.15, 0.2) is 5.03 Å². The maximum Gasteiger partial charge on any atom is 0.257 e. The fourth-order valence-electron chi connectivity index (χ4n) is 1.62. The standard InChI is InChI=1S/C8H14N4O2S/c1-6-2-9-3-7(6)12-15(13,14)8-4-10-5-11-8/h4-7,9,12H,2-3H2,1H3,(H,10,11). The SMILES string of the molecule is CC1CNCC1NS(=O)(=O)c1cnc[nH]1. The molecule has 1 aliphatic heterocycles. The third-order valence-corrected chi connectivity index (χ3v) is 4.00. The molecular formula is C8H14N4O2S. The van der Waals surface area contributed by atoms with E-state index >= 15 is 0 Å². The second-order valence-electron chi connectivity index (χ2n) is 3.78. The molecule has 15 heavy (non-hydrogen) atoms. The van der Waals surface area contributed by atoms with Gasteiger partial charge in [-0.15, -0.1) is 0 Å². The first-order valence-electron chi connectivity index (χ1n) is 4.81. The van der Waals surface area contributed by atoms with Gasteiger partial charge in [-0.25, -0.2) is 18.1 Å². The Bertz CT molecular complexity index is 414. The molecule has 1 aromatic heterocycles. The number of rotatable bonds is 3. The summed E-state index contributed by atoms with van der Waals surface area (Å²) in [5.41, 5.74) is 0. The second kappa shape index (κ2) is 3.92. The van der Waals surface area contributed by atoms with Gasteiger partial charge in [0.25, 0.3) is 10.0 Å². The Balaban J connectivity index is 2.11. The van der Waals surface area contributed by atoms with Crippen molar-refractivity contribution in [2.75, 3.05) is 13.1 Å². The van der Waals surface area contributed by atoms with Crippen molar-refractivity contribution >= 4 is 10.0 Å². The van der Waals surface area contributed by atoms with Gasteiger partial charge in [-0.3, -0.25) is 0 Å². The smallest absolute Gasteiger partial charge is 0.257 e. The van der Waals surface area contributed by atoms with Crippen molar-refractivity contribution in [2.24, 2.45) is 5.92 Å². The molecule has 2 heterocycles. The van der Waals surface area contributed by atoms with E-state index in [1.54, 1.807) is 0 Å². The fraction of sp³-hybridized carbons (Fsp3) is 0.625. The first kappa shape index (κ1) is 10.6. The number of sulfonamides is 1. The molecule has 2 atom stereocenters. The number of aromatic nitrogens is 2. The van der Waals surface area contributed by atoms with Crippen LogP contribution in [0.15, 0.2) is 17.6 Å². The van der Waals surface area contributed by atoms with Crippen LogP contribution >= 0.6 is 0 Å². The van der Waals surface area contributed by atoms with Crippen molar-refractivity contribution in [1.82, 2.24) is 20.0 Å². The average molecular weight is 230 g/mol. The first-order valence-corrected chi connectivity index (χ1v) is 6.29. The van der Waals surface area contributed by atoms with Crippen LogP contribution in [0.1, 0.15) is 6.92 Å². The van der Waals surface area contributed by atoms with Crippen LogP contribution in [-0.2, 0) is 10.0 Å². The van der Waals surface area contributed by atoms with Gasteiger partial charge >= 0.3 is 0 Å². The van der Waals surface area contributed by atoms with E-state index in [2.05, 4.69) is 20.0 Å². The minimum atomic E-state index is -3.44. The largest absolute Gasteiger partial charge is 0.335 e. The Kier molecular flexibility index (Phi) is 2.76. The Labute approximate surface area is 88.5 Å². The lowest BCUT2D eigenvalue weighted by Crippen LogP contribution is -2.39. The van der Waals surface area contributed by atoms with Crippen molar-refractivity contribution in [3.05, 3.63) is 12.5 Å². The summed E-state index contributed by atoms with van der Waals surface area (Å²) >= 11 is 0. The lowest BCUT2D eigenvalue weighted by Gasteiger charge is -2.15. The van der Waals surface area contributed by atoms with Gasteiger partial charge in [-0.05, 0) is 12.5 Å². The molecule has 1 aromatic rings. The molecule has 84 valence electrons. The molecule has 1 saturated heterocycles. The normalized spacial score (nSPS) is 27.0. The predicted molar refractivity (Wildman–Crippen MR) is 54.7 cm³/mol. The minimum Gasteiger partial charge on any atom is -0.335 e. The van der Waals surface area contributed by atoms with Crippen LogP contribution in [0.3, 0.4) is 0 Å². The summed E-state index contributed by atoms with van der Waals surface area (Å²) in [7, 11) is -3.44. The third-order valence-electron chi connectivity index (χ3n) is 2.59. The van der Waals surface area contributed by atoms with Gasteiger partial charge < -0.3 is 10.3 Å². The number of H-pyrrole nitrogens is 1. The summed E-state index contributed by atoms with van der Waals surface area (Å²) < 4.78 is 26.2. The van der Waals surface area contributed by atoms with Crippen LogP contribution < -0.4 is 10.0 Å². The van der Waals surface area contributed by atoms with Gasteiger partial charge in [0, 0.05) is 12.6 Å². The van der Waals surface area contributed by atoms with Crippen LogP contribution in [-0.4, -0.2) is 37.5 Å². The molecule has 6 nitrogen and oxygen atoms in total. The summed E-state index contributed by atoms with van der Waals surface area (Å²) in [6, 6.07) is -0.0432. The van der Waals surface area contributed by atoms with Crippen molar-refractivity contribution in [3.8, 4) is 0 Å². The van der Waals surface area contributed by atoms with E-state index in [-0.39, 0.29) is 11.1 Å². The van der Waals surface area contributed by atoms with E-state index in [1.807, 2.05) is 6.92 Å². The molecular weight excluding hydrogens is 216 g/mol. The first-order chi connectivity index (χ1) is 7.09. The lowest BCUT2D eigenvalue weighted by atomic mass is 10.1. The monoisotopic (exact) mass is 230 g/mol. The van der Waals surface area contributed by atoms with Crippen LogP contribution in [0.4, 0.5) is 0 Å². The van der Waals surface area contributed by atoms with E-state index in [0.717, 1.165) is 6.54 Å². The van der Waals surface area contributed by atoms with Crippen LogP contribution in [0.2, 0.25) is 0 Å². The van der Waals surface area contributed by atoms with E-state index in [9.17, 15) is 8.42 Å². The molecule has 2 rings (SSSR count). The molecule has 2 unspecified atom stereocenters. The molecule has 0 amide bonds. The number of aromatic amines is 1. The number of nitrogens with zero attached hydrogens (tertiary/aromatic N) is 1. The molecule has 3 N–H and O–H groups in total. The topological polar surface area (TPSA) is 86.9 Å². The third kappa shape index (κ3) is 2.19. The van der Waals surface area contributed by atoms with Crippen molar-refractivity contribution < 1.29 is 8.42 Å². The lowest BCUT2D eigenvalue weighted by molar-refractivity contribution is 0.501. The van der Waals surface area contributed by atoms with Crippen LogP contribution in [0.25, 0.3) is 0 Å². The highest BCUT2D eigenvalue weighted by Gasteiger charge is 2.28. The quantitative estimate of drug-likeness (QED) is 0.640. The summed E-state index contributed by atoms with van der Waals surface area (Å²) in [6.07, 6.45) is 2.65. The molecule has 0 aliphatic carbocycles. The van der Waals surface area contributed by atoms with E-state index < -0.39 is 10.0 Å². The van der Waals surface area contributed by atoms with Gasteiger partial charge in [-0.2, -0.15) is 0 Å². The second-order valence-corrected chi connectivity index (χ2v) is 5.46. The molecule has 7 heteroatoms. The Morgan fingerprint density at radius 2 is 2.33 bits per heavy atom. The highest BCUT2D eigenvalue weighted by Crippen LogP contribution is 2.11. The molecule has 0 radical (unpaired) electrons. The predicted octanol–water partition coefficient (Wildman–Crippen LogP) is -0.704. The average Bonchev–Trinajstić information content (AvgIpc) is 2.77. The fourth-order valence-corrected chi connectivity index (χ4v) is 2.87. The Hall–Kier alpha value is -0.920. The number of nitrogens with one attached hydrogen (secondary N) is 3. The van der Waals surface area contributed by atoms with Gasteiger partial charge in [-0.1, -0.05) is 6.92 Å². The molecule has 0 saturated carbocycles. The maximum atomic E-state index is 11.8. The molecule has 0 aromatic carbocycles. The maximum absolute atomic E-state index is 11.8. The number of imidazole rings is 1. The van der Waals surface area contributed by atoms with Crippen molar-refractivity contribution in [3.63, 3.8) is 0 Å². The van der Waals surface area contributed by atoms with Crippen molar-refractivity contribution in [1.29, 1.82) is 0 Å². The van der Waals surface area contributed by atoms with Crippen LogP contribution in [0.5, 0.6) is 0 Å². The minimum absolute atomic E-state index is 0.0432. The van der Waals surface area contributed by atoms with Crippen LogP contribution in [0, 0.1) is 5.92 Å². The summed E-state index contributed by atoms with van der Waals surface area (Å²) in [4.78, 5) is 6.28. The highest BCUT2D eigenvalue weighted by atomic mass is 32.2.